The summed E-state index contributed by atoms with van der Waals surface area (Å²) in [4.78, 5) is 11.4. The molecule has 0 aliphatic rings. The van der Waals surface area contributed by atoms with Gasteiger partial charge in [0.05, 0.1) is 6.10 Å². The molecule has 1 N–H and O–H groups in total. The topological polar surface area (TPSA) is 46.5 Å². The Balaban J connectivity index is 2.49. The molecule has 0 saturated carbocycles. The maximum atomic E-state index is 11.4. The number of rotatable bonds is 16. The largest absolute Gasteiger partial charge is 0.490 e. The van der Waals surface area contributed by atoms with Gasteiger partial charge < -0.3 is 9.84 Å². The lowest BCUT2D eigenvalue weighted by atomic mass is 10.0. The second kappa shape index (κ2) is 14.6. The summed E-state index contributed by atoms with van der Waals surface area (Å²) >= 11 is 0. The van der Waals surface area contributed by atoms with Crippen molar-refractivity contribution in [2.24, 2.45) is 0 Å². The highest BCUT2D eigenvalue weighted by atomic mass is 16.5. The Hall–Kier alpha value is -1.51. The standard InChI is InChI=1S/C23H38O3/c1-3-5-7-9-10-11-13-17-20(16-12-8-6-4-2)26-22-19-15-14-18-21(22)23(24)25/h14-15,18-20H,3-13,16-17H2,1-2H3,(H,24,25). The van der Waals surface area contributed by atoms with Crippen LogP contribution < -0.4 is 4.74 Å². The molecule has 0 fully saturated rings. The Morgan fingerprint density at radius 3 is 1.92 bits per heavy atom. The average Bonchev–Trinajstić information content (AvgIpc) is 2.64. The van der Waals surface area contributed by atoms with E-state index in [0.717, 1.165) is 19.3 Å². The summed E-state index contributed by atoms with van der Waals surface area (Å²) < 4.78 is 6.15. The van der Waals surface area contributed by atoms with Crippen LogP contribution in [0.4, 0.5) is 0 Å². The van der Waals surface area contributed by atoms with Crippen LogP contribution in [0.5, 0.6) is 5.75 Å². The summed E-state index contributed by atoms with van der Waals surface area (Å²) in [5, 5.41) is 9.36. The predicted molar refractivity (Wildman–Crippen MR) is 109 cm³/mol. The summed E-state index contributed by atoms with van der Waals surface area (Å²) in [6.45, 7) is 4.46. The zero-order valence-corrected chi connectivity index (χ0v) is 16.8. The summed E-state index contributed by atoms with van der Waals surface area (Å²) in [5.74, 6) is -0.398. The number of carboxylic acids is 1. The highest BCUT2D eigenvalue weighted by Crippen LogP contribution is 2.23. The fourth-order valence-electron chi connectivity index (χ4n) is 3.32. The second-order valence-electron chi connectivity index (χ2n) is 7.30. The second-order valence-corrected chi connectivity index (χ2v) is 7.30. The van der Waals surface area contributed by atoms with Crippen molar-refractivity contribution >= 4 is 5.97 Å². The summed E-state index contributed by atoms with van der Waals surface area (Å²) in [6.07, 6.45) is 16.1. The minimum absolute atomic E-state index is 0.128. The van der Waals surface area contributed by atoms with E-state index in [1.807, 2.05) is 6.07 Å². The lowest BCUT2D eigenvalue weighted by Gasteiger charge is -2.20. The SMILES string of the molecule is CCCCCCCCCC(CCCCCC)Oc1ccccc1C(=O)O. The van der Waals surface area contributed by atoms with E-state index in [4.69, 9.17) is 4.74 Å². The summed E-state index contributed by atoms with van der Waals surface area (Å²) in [7, 11) is 0. The molecule has 0 saturated heterocycles. The number of benzene rings is 1. The molecule has 0 heterocycles. The molecule has 26 heavy (non-hydrogen) atoms. The van der Waals surface area contributed by atoms with Crippen LogP contribution in [0, 0.1) is 0 Å². The smallest absolute Gasteiger partial charge is 0.339 e. The van der Waals surface area contributed by atoms with Gasteiger partial charge in [0.2, 0.25) is 0 Å². The van der Waals surface area contributed by atoms with E-state index in [9.17, 15) is 9.90 Å². The Morgan fingerprint density at radius 1 is 0.846 bits per heavy atom. The van der Waals surface area contributed by atoms with Crippen LogP contribution in [0.1, 0.15) is 108 Å². The fraction of sp³-hybridized carbons (Fsp3) is 0.696. The van der Waals surface area contributed by atoms with E-state index in [1.54, 1.807) is 18.2 Å². The molecule has 0 spiro atoms. The molecule has 0 aliphatic heterocycles. The first-order chi connectivity index (χ1) is 12.7. The van der Waals surface area contributed by atoms with Crippen molar-refractivity contribution in [2.75, 3.05) is 0 Å². The molecule has 1 unspecified atom stereocenters. The number of aromatic carboxylic acids is 1. The first-order valence-electron chi connectivity index (χ1n) is 10.7. The van der Waals surface area contributed by atoms with Crippen LogP contribution in [0.2, 0.25) is 0 Å². The molecule has 148 valence electrons. The Labute approximate surface area is 160 Å². The maximum Gasteiger partial charge on any atom is 0.339 e. The molecule has 1 atom stereocenters. The first-order valence-corrected chi connectivity index (χ1v) is 10.7. The summed E-state index contributed by atoms with van der Waals surface area (Å²) in [6, 6.07) is 7.01. The fourth-order valence-corrected chi connectivity index (χ4v) is 3.32. The van der Waals surface area contributed by atoms with E-state index in [1.165, 1.54) is 64.2 Å². The van der Waals surface area contributed by atoms with Crippen LogP contribution in [0.3, 0.4) is 0 Å². The molecule has 0 radical (unpaired) electrons. The molecule has 0 amide bonds. The Morgan fingerprint density at radius 2 is 1.35 bits per heavy atom. The van der Waals surface area contributed by atoms with Gasteiger partial charge in [-0.3, -0.25) is 0 Å². The third kappa shape index (κ3) is 9.84. The van der Waals surface area contributed by atoms with E-state index in [2.05, 4.69) is 13.8 Å². The van der Waals surface area contributed by atoms with E-state index < -0.39 is 5.97 Å². The average molecular weight is 363 g/mol. The van der Waals surface area contributed by atoms with Crippen LogP contribution in [0.25, 0.3) is 0 Å². The van der Waals surface area contributed by atoms with E-state index >= 15 is 0 Å². The molecular weight excluding hydrogens is 324 g/mol. The van der Waals surface area contributed by atoms with Gasteiger partial charge in [-0.05, 0) is 37.8 Å². The van der Waals surface area contributed by atoms with Gasteiger partial charge in [-0.1, -0.05) is 83.8 Å². The van der Waals surface area contributed by atoms with Crippen molar-refractivity contribution in [1.82, 2.24) is 0 Å². The van der Waals surface area contributed by atoms with Gasteiger partial charge in [0.25, 0.3) is 0 Å². The van der Waals surface area contributed by atoms with Gasteiger partial charge >= 0.3 is 5.97 Å². The molecule has 1 rings (SSSR count). The molecule has 1 aromatic carbocycles. The number of carbonyl (C=O) groups is 1. The number of ether oxygens (including phenoxy) is 1. The lowest BCUT2D eigenvalue weighted by Crippen LogP contribution is -2.18. The highest BCUT2D eigenvalue weighted by molar-refractivity contribution is 5.90. The zero-order valence-electron chi connectivity index (χ0n) is 16.8. The number of para-hydroxylation sites is 1. The maximum absolute atomic E-state index is 11.4. The van der Waals surface area contributed by atoms with Gasteiger partial charge in [0.15, 0.2) is 0 Å². The van der Waals surface area contributed by atoms with Gasteiger partial charge in [-0.25, -0.2) is 4.79 Å². The third-order valence-electron chi connectivity index (χ3n) is 4.92. The van der Waals surface area contributed by atoms with E-state index in [-0.39, 0.29) is 11.7 Å². The molecule has 0 aromatic heterocycles. The Bertz CT molecular complexity index is 484. The third-order valence-corrected chi connectivity index (χ3v) is 4.92. The van der Waals surface area contributed by atoms with Crippen molar-refractivity contribution in [1.29, 1.82) is 0 Å². The number of carboxylic acid groups (broad SMARTS) is 1. The number of hydrogen-bond acceptors (Lipinski definition) is 2. The van der Waals surface area contributed by atoms with Crippen molar-refractivity contribution in [2.45, 2.75) is 103 Å². The van der Waals surface area contributed by atoms with Crippen molar-refractivity contribution in [3.8, 4) is 5.75 Å². The van der Waals surface area contributed by atoms with Gasteiger partial charge in [-0.15, -0.1) is 0 Å². The lowest BCUT2D eigenvalue weighted by molar-refractivity contribution is 0.0687. The van der Waals surface area contributed by atoms with Crippen molar-refractivity contribution in [3.63, 3.8) is 0 Å². The predicted octanol–water partition coefficient (Wildman–Crippen LogP) is 7.24. The number of unbranched alkanes of at least 4 members (excludes halogenated alkanes) is 9. The molecule has 3 heteroatoms. The summed E-state index contributed by atoms with van der Waals surface area (Å²) in [5.41, 5.74) is 0.269. The van der Waals surface area contributed by atoms with Crippen molar-refractivity contribution < 1.29 is 14.6 Å². The van der Waals surface area contributed by atoms with Gasteiger partial charge in [-0.2, -0.15) is 0 Å². The molecular formula is C23H38O3. The normalized spacial score (nSPS) is 12.1. The molecule has 0 bridgehead atoms. The minimum atomic E-state index is -0.916. The van der Waals surface area contributed by atoms with Crippen LogP contribution in [-0.4, -0.2) is 17.2 Å². The van der Waals surface area contributed by atoms with Crippen LogP contribution >= 0.6 is 0 Å². The zero-order chi connectivity index (χ0) is 19.0. The first kappa shape index (κ1) is 22.5. The minimum Gasteiger partial charge on any atom is -0.490 e. The van der Waals surface area contributed by atoms with Crippen LogP contribution in [0.15, 0.2) is 24.3 Å². The molecule has 0 aliphatic carbocycles. The number of hydrogen-bond donors (Lipinski definition) is 1. The Kier molecular flexibility index (Phi) is 12.7. The van der Waals surface area contributed by atoms with Gasteiger partial charge in [0.1, 0.15) is 11.3 Å². The van der Waals surface area contributed by atoms with Gasteiger partial charge in [0, 0.05) is 0 Å². The quantitative estimate of drug-likeness (QED) is 0.315. The molecule has 3 nitrogen and oxygen atoms in total. The van der Waals surface area contributed by atoms with Crippen LogP contribution in [-0.2, 0) is 0 Å². The monoisotopic (exact) mass is 362 g/mol. The highest BCUT2D eigenvalue weighted by Gasteiger charge is 2.15. The molecule has 1 aromatic rings. The van der Waals surface area contributed by atoms with E-state index in [0.29, 0.717) is 5.75 Å². The van der Waals surface area contributed by atoms with Crippen molar-refractivity contribution in [3.05, 3.63) is 29.8 Å².